The van der Waals surface area contributed by atoms with Gasteiger partial charge in [-0.15, -0.1) is 0 Å². The molecule has 1 aromatic carbocycles. The summed E-state index contributed by atoms with van der Waals surface area (Å²) in [5.74, 6) is 0. The smallest absolute Gasteiger partial charge is 0.399 e. The standard InChI is InChI=1S/C14H21BNO2/c1-6-10-7-11(9-12(16)8-10)15-17-13(2,3)14(4,5)18-15/h6-9H,16H2,1-5H3. The molecule has 4 heteroatoms. The zero-order valence-electron chi connectivity index (χ0n) is 11.8. The lowest BCUT2D eigenvalue weighted by molar-refractivity contribution is 0.00578. The fraction of sp³-hybridized carbons (Fsp3) is 0.500. The minimum Gasteiger partial charge on any atom is -0.399 e. The molecule has 1 aliphatic rings. The van der Waals surface area contributed by atoms with Gasteiger partial charge >= 0.3 is 7.12 Å². The van der Waals surface area contributed by atoms with Crippen molar-refractivity contribution in [3.05, 3.63) is 30.2 Å². The van der Waals surface area contributed by atoms with Crippen molar-refractivity contribution in [1.82, 2.24) is 0 Å². The average Bonchev–Trinajstić information content (AvgIpc) is 2.47. The molecule has 1 aromatic rings. The SMILES string of the molecule is C[CH]c1cc(N)cc(B2OC(C)(C)C(C)(C)O2)c1. The Morgan fingerprint density at radius 3 is 2.11 bits per heavy atom. The number of nitrogens with two attached hydrogens (primary N) is 1. The van der Waals surface area contributed by atoms with Crippen LogP contribution in [-0.4, -0.2) is 18.3 Å². The van der Waals surface area contributed by atoms with Gasteiger partial charge in [-0.3, -0.25) is 0 Å². The van der Waals surface area contributed by atoms with E-state index >= 15 is 0 Å². The van der Waals surface area contributed by atoms with E-state index in [1.54, 1.807) is 0 Å². The number of benzene rings is 1. The third-order valence-corrected chi connectivity index (χ3v) is 3.86. The maximum Gasteiger partial charge on any atom is 0.494 e. The summed E-state index contributed by atoms with van der Waals surface area (Å²) < 4.78 is 12.0. The summed E-state index contributed by atoms with van der Waals surface area (Å²) >= 11 is 0. The molecule has 0 aromatic heterocycles. The van der Waals surface area contributed by atoms with Gasteiger partial charge in [0.1, 0.15) is 0 Å². The van der Waals surface area contributed by atoms with E-state index in [0.717, 1.165) is 16.7 Å². The van der Waals surface area contributed by atoms with Crippen LogP contribution >= 0.6 is 0 Å². The van der Waals surface area contributed by atoms with Crippen LogP contribution in [0.15, 0.2) is 18.2 Å². The zero-order chi connectivity index (χ0) is 13.6. The number of hydrogen-bond donors (Lipinski definition) is 1. The number of rotatable bonds is 2. The number of nitrogen functional groups attached to an aromatic ring is 1. The first kappa shape index (κ1) is 13.4. The summed E-state index contributed by atoms with van der Waals surface area (Å²) in [5.41, 5.74) is 8.05. The fourth-order valence-electron chi connectivity index (χ4n) is 1.98. The van der Waals surface area contributed by atoms with Crippen molar-refractivity contribution in [2.24, 2.45) is 0 Å². The molecule has 1 saturated heterocycles. The highest BCUT2D eigenvalue weighted by Gasteiger charge is 2.51. The van der Waals surface area contributed by atoms with Crippen molar-refractivity contribution >= 4 is 18.3 Å². The highest BCUT2D eigenvalue weighted by molar-refractivity contribution is 6.62. The average molecular weight is 246 g/mol. The molecule has 0 saturated carbocycles. The molecule has 1 heterocycles. The summed E-state index contributed by atoms with van der Waals surface area (Å²) in [4.78, 5) is 0. The maximum atomic E-state index is 6.01. The molecule has 0 bridgehead atoms. The van der Waals surface area contributed by atoms with E-state index in [1.165, 1.54) is 0 Å². The normalized spacial score (nSPS) is 21.3. The van der Waals surface area contributed by atoms with Gasteiger partial charge in [0.2, 0.25) is 0 Å². The van der Waals surface area contributed by atoms with Gasteiger partial charge in [-0.25, -0.2) is 0 Å². The van der Waals surface area contributed by atoms with E-state index in [-0.39, 0.29) is 18.3 Å². The predicted molar refractivity (Wildman–Crippen MR) is 75.6 cm³/mol. The van der Waals surface area contributed by atoms with Crippen molar-refractivity contribution < 1.29 is 9.31 Å². The molecule has 2 rings (SSSR count). The minimum absolute atomic E-state index is 0.321. The van der Waals surface area contributed by atoms with Crippen molar-refractivity contribution in [3.8, 4) is 0 Å². The van der Waals surface area contributed by atoms with Crippen LogP contribution in [-0.2, 0) is 9.31 Å². The predicted octanol–water partition coefficient (Wildman–Crippen LogP) is 2.14. The molecule has 3 nitrogen and oxygen atoms in total. The van der Waals surface area contributed by atoms with Crippen LogP contribution in [0.2, 0.25) is 0 Å². The molecule has 97 valence electrons. The zero-order valence-corrected chi connectivity index (χ0v) is 11.8. The minimum atomic E-state index is -0.350. The molecule has 0 atom stereocenters. The molecule has 0 amide bonds. The summed E-state index contributed by atoms with van der Waals surface area (Å²) in [7, 11) is -0.350. The Balaban J connectivity index is 2.32. The Morgan fingerprint density at radius 1 is 1.06 bits per heavy atom. The first-order valence-electron chi connectivity index (χ1n) is 6.31. The highest BCUT2D eigenvalue weighted by Crippen LogP contribution is 2.36. The van der Waals surface area contributed by atoms with Gasteiger partial charge in [0.25, 0.3) is 0 Å². The molecule has 1 aliphatic heterocycles. The van der Waals surface area contributed by atoms with Gasteiger partial charge in [0.05, 0.1) is 11.2 Å². The Kier molecular flexibility index (Phi) is 3.20. The van der Waals surface area contributed by atoms with Gasteiger partial charge in [-0.2, -0.15) is 0 Å². The fourth-order valence-corrected chi connectivity index (χ4v) is 1.98. The Bertz CT molecular complexity index is 441. The second-order valence-electron chi connectivity index (χ2n) is 5.81. The largest absolute Gasteiger partial charge is 0.494 e. The summed E-state index contributed by atoms with van der Waals surface area (Å²) in [6.07, 6.45) is 2.02. The summed E-state index contributed by atoms with van der Waals surface area (Å²) in [6.45, 7) is 10.2. The van der Waals surface area contributed by atoms with Crippen LogP contribution in [0.3, 0.4) is 0 Å². The summed E-state index contributed by atoms with van der Waals surface area (Å²) in [5, 5.41) is 0. The lowest BCUT2D eigenvalue weighted by Crippen LogP contribution is -2.41. The molecule has 0 aliphatic carbocycles. The lowest BCUT2D eigenvalue weighted by atomic mass is 9.78. The van der Waals surface area contributed by atoms with Gasteiger partial charge in [-0.05, 0) is 57.3 Å². The lowest BCUT2D eigenvalue weighted by Gasteiger charge is -2.32. The van der Waals surface area contributed by atoms with Gasteiger partial charge < -0.3 is 15.0 Å². The third kappa shape index (κ3) is 2.27. The van der Waals surface area contributed by atoms with Crippen LogP contribution in [0.5, 0.6) is 0 Å². The molecular weight excluding hydrogens is 225 g/mol. The van der Waals surface area contributed by atoms with Crippen LogP contribution < -0.4 is 11.2 Å². The quantitative estimate of drug-likeness (QED) is 0.642. The maximum absolute atomic E-state index is 6.01. The molecule has 1 fully saturated rings. The topological polar surface area (TPSA) is 44.5 Å². The molecule has 2 N–H and O–H groups in total. The van der Waals surface area contributed by atoms with Gasteiger partial charge in [-0.1, -0.05) is 13.0 Å². The molecule has 0 unspecified atom stereocenters. The van der Waals surface area contributed by atoms with E-state index in [0.29, 0.717) is 0 Å². The van der Waals surface area contributed by atoms with E-state index < -0.39 is 0 Å². The molecule has 18 heavy (non-hydrogen) atoms. The van der Waals surface area contributed by atoms with E-state index in [2.05, 4.69) is 6.07 Å². The van der Waals surface area contributed by atoms with Crippen LogP contribution in [0, 0.1) is 6.42 Å². The second kappa shape index (κ2) is 4.28. The molecule has 0 spiro atoms. The Labute approximate surface area is 110 Å². The van der Waals surface area contributed by atoms with Crippen LogP contribution in [0.1, 0.15) is 40.2 Å². The van der Waals surface area contributed by atoms with Crippen molar-refractivity contribution in [2.75, 3.05) is 5.73 Å². The highest BCUT2D eigenvalue weighted by atomic mass is 16.7. The van der Waals surface area contributed by atoms with Crippen LogP contribution in [0.4, 0.5) is 5.69 Å². The second-order valence-corrected chi connectivity index (χ2v) is 5.81. The van der Waals surface area contributed by atoms with Crippen molar-refractivity contribution in [2.45, 2.75) is 45.8 Å². The molecular formula is C14H21BNO2. The van der Waals surface area contributed by atoms with Gasteiger partial charge in [0, 0.05) is 5.69 Å². The first-order valence-corrected chi connectivity index (χ1v) is 6.31. The van der Waals surface area contributed by atoms with Crippen molar-refractivity contribution in [1.29, 1.82) is 0 Å². The molecule has 1 radical (unpaired) electrons. The Morgan fingerprint density at radius 2 is 1.61 bits per heavy atom. The van der Waals surface area contributed by atoms with E-state index in [9.17, 15) is 0 Å². The van der Waals surface area contributed by atoms with E-state index in [4.69, 9.17) is 15.0 Å². The number of anilines is 1. The third-order valence-electron chi connectivity index (χ3n) is 3.86. The van der Waals surface area contributed by atoms with Crippen molar-refractivity contribution in [3.63, 3.8) is 0 Å². The van der Waals surface area contributed by atoms with E-state index in [1.807, 2.05) is 53.2 Å². The Hall–Kier alpha value is -0.995. The summed E-state index contributed by atoms with van der Waals surface area (Å²) in [6, 6.07) is 5.91. The van der Waals surface area contributed by atoms with Gasteiger partial charge in [0.15, 0.2) is 0 Å². The number of hydrogen-bond acceptors (Lipinski definition) is 3. The monoisotopic (exact) mass is 246 g/mol. The first-order chi connectivity index (χ1) is 8.25. The van der Waals surface area contributed by atoms with Crippen LogP contribution in [0.25, 0.3) is 0 Å².